The molecule has 0 radical (unpaired) electrons. The maximum absolute atomic E-state index is 8.69. The predicted molar refractivity (Wildman–Crippen MR) is 53.6 cm³/mol. The fourth-order valence-electron chi connectivity index (χ4n) is 0.679. The number of rotatable bonds is 4. The van der Waals surface area contributed by atoms with Crippen LogP contribution in [0.2, 0.25) is 0 Å². The number of aliphatic hydroxyl groups is 2. The van der Waals surface area contributed by atoms with Crippen LogP contribution < -0.4 is 0 Å². The summed E-state index contributed by atoms with van der Waals surface area (Å²) in [5.74, 6) is 0.174. The van der Waals surface area contributed by atoms with Crippen LogP contribution in [0.3, 0.4) is 0 Å². The van der Waals surface area contributed by atoms with Crippen molar-refractivity contribution in [2.45, 2.75) is 0 Å². The average molecular weight is 209 g/mol. The van der Waals surface area contributed by atoms with Gasteiger partial charge in [-0.3, -0.25) is 9.46 Å². The number of nitrogens with zero attached hydrogens (tertiary/aromatic N) is 1. The Kier molecular flexibility index (Phi) is 10.6. The van der Waals surface area contributed by atoms with Crippen LogP contribution in [-0.4, -0.2) is 40.1 Å². The predicted octanol–water partition coefficient (Wildman–Crippen LogP) is 0.712. The molecule has 0 aromatic heterocycles. The van der Waals surface area contributed by atoms with Gasteiger partial charge in [0.05, 0.1) is 24.6 Å². The lowest BCUT2D eigenvalue weighted by molar-refractivity contribution is 0.269. The van der Waals surface area contributed by atoms with Crippen LogP contribution in [0.15, 0.2) is 24.7 Å². The molecule has 0 aromatic carbocycles. The molecular formula is C7H16NO4P. The number of hydrogen-bond acceptors (Lipinski definition) is 4. The molecule has 0 aliphatic carbocycles. The molecule has 0 aliphatic heterocycles. The average Bonchev–Trinajstić information content (AvgIpc) is 1.83. The first-order chi connectivity index (χ1) is 5.93. The van der Waals surface area contributed by atoms with Crippen molar-refractivity contribution in [1.82, 2.24) is 4.90 Å². The van der Waals surface area contributed by atoms with Crippen molar-refractivity contribution in [1.29, 1.82) is 0 Å². The maximum atomic E-state index is 8.69. The summed E-state index contributed by atoms with van der Waals surface area (Å²) in [6.45, 7) is 7.33. The summed E-state index contributed by atoms with van der Waals surface area (Å²) in [4.78, 5) is 8.80. The van der Waals surface area contributed by atoms with Gasteiger partial charge in [0.25, 0.3) is 0 Å². The maximum Gasteiger partial charge on any atom is 0.177 e. The molecule has 3 N–H and O–H groups in total. The molecule has 0 saturated carbocycles. The van der Waals surface area contributed by atoms with Crippen LogP contribution in [0.25, 0.3) is 0 Å². The van der Waals surface area contributed by atoms with Gasteiger partial charge in [0.2, 0.25) is 0 Å². The van der Waals surface area contributed by atoms with Gasteiger partial charge < -0.3 is 15.1 Å². The SMILES string of the molecule is C=C(O)CN(C)CC(=C)O.O=[PH2]O. The summed E-state index contributed by atoms with van der Waals surface area (Å²) in [5, 5.41) is 17.4. The van der Waals surface area contributed by atoms with E-state index in [-0.39, 0.29) is 11.5 Å². The minimum atomic E-state index is -1.50. The van der Waals surface area contributed by atoms with Crippen molar-refractivity contribution in [3.05, 3.63) is 24.7 Å². The Morgan fingerprint density at radius 3 is 1.69 bits per heavy atom. The van der Waals surface area contributed by atoms with Gasteiger partial charge in [-0.15, -0.1) is 0 Å². The molecule has 0 aliphatic rings. The van der Waals surface area contributed by atoms with E-state index in [1.165, 1.54) is 0 Å². The zero-order valence-electron chi connectivity index (χ0n) is 7.60. The fraction of sp³-hybridized carbons (Fsp3) is 0.429. The highest BCUT2D eigenvalue weighted by Crippen LogP contribution is 1.92. The van der Waals surface area contributed by atoms with E-state index in [1.807, 2.05) is 0 Å². The zero-order chi connectivity index (χ0) is 10.9. The summed E-state index contributed by atoms with van der Waals surface area (Å²) in [6.07, 6.45) is 0. The highest BCUT2D eigenvalue weighted by molar-refractivity contribution is 7.16. The minimum Gasteiger partial charge on any atom is -0.512 e. The number of aliphatic hydroxyl groups excluding tert-OH is 2. The standard InChI is InChI=1S/C7H13NO2.H3O2P/c1-6(9)4-8(3)5-7(2)10;1-3-2/h9-10H,1-2,4-5H2,3H3;3H2,(H,1,2). The van der Waals surface area contributed by atoms with Gasteiger partial charge in [0.15, 0.2) is 8.69 Å². The van der Waals surface area contributed by atoms with Gasteiger partial charge in [-0.1, -0.05) is 13.2 Å². The highest BCUT2D eigenvalue weighted by Gasteiger charge is 1.99. The van der Waals surface area contributed by atoms with E-state index in [0.717, 1.165) is 0 Å². The van der Waals surface area contributed by atoms with Crippen LogP contribution in [0, 0.1) is 0 Å². The van der Waals surface area contributed by atoms with Gasteiger partial charge in [0, 0.05) is 0 Å². The number of likely N-dealkylation sites (N-methyl/N-ethyl adjacent to an activating group) is 1. The van der Waals surface area contributed by atoms with Crippen LogP contribution in [0.1, 0.15) is 0 Å². The summed E-state index contributed by atoms with van der Waals surface area (Å²) >= 11 is 0. The lowest BCUT2D eigenvalue weighted by Gasteiger charge is -2.13. The van der Waals surface area contributed by atoms with E-state index in [9.17, 15) is 0 Å². The van der Waals surface area contributed by atoms with Crippen molar-refractivity contribution >= 4 is 8.69 Å². The van der Waals surface area contributed by atoms with Crippen molar-refractivity contribution in [2.75, 3.05) is 20.1 Å². The Hall–Kier alpha value is -0.770. The second kappa shape index (κ2) is 9.32. The number of hydrogen-bond donors (Lipinski definition) is 3. The smallest absolute Gasteiger partial charge is 0.177 e. The summed E-state index contributed by atoms with van der Waals surface area (Å²) in [5.41, 5.74) is 0. The molecule has 0 spiro atoms. The van der Waals surface area contributed by atoms with Crippen LogP contribution in [0.5, 0.6) is 0 Å². The molecule has 5 nitrogen and oxygen atoms in total. The van der Waals surface area contributed by atoms with Gasteiger partial charge in [-0.05, 0) is 7.05 Å². The Balaban J connectivity index is 0. The minimum absolute atomic E-state index is 0.0868. The van der Waals surface area contributed by atoms with E-state index in [4.69, 9.17) is 19.7 Å². The summed E-state index contributed by atoms with van der Waals surface area (Å²) in [6, 6.07) is 0. The van der Waals surface area contributed by atoms with Crippen LogP contribution in [-0.2, 0) is 4.57 Å². The Morgan fingerprint density at radius 2 is 1.54 bits per heavy atom. The third-order valence-corrected chi connectivity index (χ3v) is 0.905. The molecule has 0 fully saturated rings. The normalized spacial score (nSPS) is 9.77. The van der Waals surface area contributed by atoms with Crippen molar-refractivity contribution < 1.29 is 19.7 Å². The summed E-state index contributed by atoms with van der Waals surface area (Å²) < 4.78 is 8.57. The van der Waals surface area contributed by atoms with Gasteiger partial charge in [-0.2, -0.15) is 0 Å². The van der Waals surface area contributed by atoms with E-state index in [1.54, 1.807) is 11.9 Å². The lowest BCUT2D eigenvalue weighted by Crippen LogP contribution is -2.22. The first-order valence-corrected chi connectivity index (χ1v) is 4.42. The lowest BCUT2D eigenvalue weighted by atomic mass is 10.4. The summed E-state index contributed by atoms with van der Waals surface area (Å²) in [7, 11) is 0.253. The van der Waals surface area contributed by atoms with Gasteiger partial charge >= 0.3 is 0 Å². The largest absolute Gasteiger partial charge is 0.512 e. The zero-order valence-corrected chi connectivity index (χ0v) is 8.76. The second-order valence-corrected chi connectivity index (χ2v) is 2.62. The molecule has 0 bridgehead atoms. The van der Waals surface area contributed by atoms with Crippen molar-refractivity contribution in [3.8, 4) is 0 Å². The monoisotopic (exact) mass is 209 g/mol. The van der Waals surface area contributed by atoms with E-state index >= 15 is 0 Å². The molecule has 0 amide bonds. The molecule has 0 aromatic rings. The molecule has 0 rings (SSSR count). The quantitative estimate of drug-likeness (QED) is 0.469. The molecule has 6 heteroatoms. The van der Waals surface area contributed by atoms with Crippen molar-refractivity contribution in [3.63, 3.8) is 0 Å². The first kappa shape index (κ1) is 14.7. The Morgan fingerprint density at radius 1 is 1.31 bits per heavy atom. The van der Waals surface area contributed by atoms with Gasteiger partial charge in [-0.25, -0.2) is 0 Å². The molecule has 0 heterocycles. The molecular weight excluding hydrogens is 193 g/mol. The van der Waals surface area contributed by atoms with Crippen molar-refractivity contribution in [2.24, 2.45) is 0 Å². The fourth-order valence-corrected chi connectivity index (χ4v) is 0.679. The second-order valence-electron chi connectivity index (χ2n) is 2.41. The molecule has 1 atom stereocenters. The van der Waals surface area contributed by atoms with Crippen LogP contribution >= 0.6 is 8.69 Å². The molecule has 78 valence electrons. The topological polar surface area (TPSA) is 81.0 Å². The van der Waals surface area contributed by atoms with E-state index < -0.39 is 8.69 Å². The molecule has 0 saturated heterocycles. The Bertz CT molecular complexity index is 167. The van der Waals surface area contributed by atoms with E-state index in [0.29, 0.717) is 13.1 Å². The van der Waals surface area contributed by atoms with Crippen LogP contribution in [0.4, 0.5) is 0 Å². The van der Waals surface area contributed by atoms with Gasteiger partial charge in [0.1, 0.15) is 0 Å². The Labute approximate surface area is 78.9 Å². The third-order valence-electron chi connectivity index (χ3n) is 0.905. The third kappa shape index (κ3) is 18.3. The molecule has 13 heavy (non-hydrogen) atoms. The first-order valence-electron chi connectivity index (χ1n) is 3.43. The molecule has 1 unspecified atom stereocenters. The van der Waals surface area contributed by atoms with E-state index in [2.05, 4.69) is 13.2 Å². The highest BCUT2D eigenvalue weighted by atomic mass is 31.1.